The third-order valence-electron chi connectivity index (χ3n) is 1.25. The number of ether oxygens (including phenoxy) is 2. The molecule has 5 heteroatoms. The standard InChI is InChI=1S/C7H7Br2NO2/c1-11-6-4(8)3-5(9)7(10-6)12-2/h3H,1-2H3. The van der Waals surface area contributed by atoms with Gasteiger partial charge >= 0.3 is 0 Å². The minimum atomic E-state index is 0.509. The van der Waals surface area contributed by atoms with E-state index in [-0.39, 0.29) is 0 Å². The number of halogens is 2. The molecule has 1 heterocycles. The van der Waals surface area contributed by atoms with Gasteiger partial charge in [-0.05, 0) is 37.9 Å². The predicted octanol–water partition coefficient (Wildman–Crippen LogP) is 2.62. The smallest absolute Gasteiger partial charge is 0.231 e. The molecule has 0 bridgehead atoms. The molecular formula is C7H7Br2NO2. The highest BCUT2D eigenvalue weighted by atomic mass is 79.9. The Hall–Kier alpha value is -0.290. The van der Waals surface area contributed by atoms with Gasteiger partial charge in [0, 0.05) is 0 Å². The lowest BCUT2D eigenvalue weighted by Crippen LogP contribution is -1.93. The molecule has 12 heavy (non-hydrogen) atoms. The van der Waals surface area contributed by atoms with Crippen LogP contribution in [0, 0.1) is 0 Å². The molecule has 0 spiro atoms. The van der Waals surface area contributed by atoms with Crippen LogP contribution in [0.1, 0.15) is 0 Å². The van der Waals surface area contributed by atoms with Crippen LogP contribution in [0.2, 0.25) is 0 Å². The van der Waals surface area contributed by atoms with Crippen molar-refractivity contribution >= 4 is 31.9 Å². The van der Waals surface area contributed by atoms with Gasteiger partial charge in [-0.1, -0.05) is 0 Å². The molecule has 0 unspecified atom stereocenters. The summed E-state index contributed by atoms with van der Waals surface area (Å²) in [5, 5.41) is 0. The van der Waals surface area contributed by atoms with Crippen LogP contribution < -0.4 is 9.47 Å². The molecule has 0 N–H and O–H groups in total. The maximum Gasteiger partial charge on any atom is 0.231 e. The molecule has 0 fully saturated rings. The fraction of sp³-hybridized carbons (Fsp3) is 0.286. The molecule has 66 valence electrons. The third-order valence-corrected chi connectivity index (χ3v) is 2.39. The molecule has 0 amide bonds. The monoisotopic (exact) mass is 295 g/mol. The summed E-state index contributed by atoms with van der Waals surface area (Å²) < 4.78 is 11.5. The molecule has 1 rings (SSSR count). The number of nitrogens with zero attached hydrogens (tertiary/aromatic N) is 1. The van der Waals surface area contributed by atoms with Crippen LogP contribution in [0.25, 0.3) is 0 Å². The summed E-state index contributed by atoms with van der Waals surface area (Å²) in [6.45, 7) is 0. The summed E-state index contributed by atoms with van der Waals surface area (Å²) in [5.74, 6) is 1.02. The zero-order valence-electron chi connectivity index (χ0n) is 6.60. The van der Waals surface area contributed by atoms with Gasteiger partial charge in [0.1, 0.15) is 0 Å². The lowest BCUT2D eigenvalue weighted by Gasteiger charge is -2.06. The van der Waals surface area contributed by atoms with Gasteiger partial charge in [-0.2, -0.15) is 4.98 Å². The highest BCUT2D eigenvalue weighted by Crippen LogP contribution is 2.31. The van der Waals surface area contributed by atoms with Gasteiger partial charge in [0.05, 0.1) is 23.2 Å². The van der Waals surface area contributed by atoms with Gasteiger partial charge < -0.3 is 9.47 Å². The van der Waals surface area contributed by atoms with Crippen LogP contribution in [0.3, 0.4) is 0 Å². The minimum Gasteiger partial charge on any atom is -0.480 e. The average molecular weight is 297 g/mol. The zero-order chi connectivity index (χ0) is 9.14. The first kappa shape index (κ1) is 9.80. The molecule has 0 aliphatic heterocycles. The lowest BCUT2D eigenvalue weighted by molar-refractivity contribution is 0.361. The molecule has 0 aromatic carbocycles. The number of methoxy groups -OCH3 is 2. The molecule has 0 radical (unpaired) electrons. The van der Waals surface area contributed by atoms with Crippen LogP contribution in [0.4, 0.5) is 0 Å². The van der Waals surface area contributed by atoms with E-state index in [0.717, 1.165) is 8.95 Å². The maximum atomic E-state index is 4.98. The first-order chi connectivity index (χ1) is 5.69. The van der Waals surface area contributed by atoms with Crippen molar-refractivity contribution in [2.75, 3.05) is 14.2 Å². The van der Waals surface area contributed by atoms with Crippen molar-refractivity contribution in [2.45, 2.75) is 0 Å². The molecule has 3 nitrogen and oxygen atoms in total. The Morgan fingerprint density at radius 1 is 1.08 bits per heavy atom. The van der Waals surface area contributed by atoms with E-state index in [1.807, 2.05) is 6.07 Å². The van der Waals surface area contributed by atoms with E-state index in [1.54, 1.807) is 14.2 Å². The van der Waals surface area contributed by atoms with Crippen molar-refractivity contribution in [3.63, 3.8) is 0 Å². The highest BCUT2D eigenvalue weighted by molar-refractivity contribution is 9.11. The third kappa shape index (κ3) is 1.90. The fourth-order valence-electron chi connectivity index (χ4n) is 0.720. The van der Waals surface area contributed by atoms with Crippen molar-refractivity contribution in [1.82, 2.24) is 4.98 Å². The second kappa shape index (κ2) is 4.09. The second-order valence-corrected chi connectivity index (χ2v) is 3.68. The molecule has 1 aromatic rings. The first-order valence-electron chi connectivity index (χ1n) is 3.13. The van der Waals surface area contributed by atoms with E-state index in [9.17, 15) is 0 Å². The molecule has 1 aromatic heterocycles. The number of rotatable bonds is 2. The SMILES string of the molecule is COc1nc(OC)c(Br)cc1Br. The second-order valence-electron chi connectivity index (χ2n) is 1.97. The van der Waals surface area contributed by atoms with E-state index in [1.165, 1.54) is 0 Å². The maximum absolute atomic E-state index is 4.98. The Bertz CT molecular complexity index is 266. The largest absolute Gasteiger partial charge is 0.480 e. The summed E-state index contributed by atoms with van der Waals surface area (Å²) in [6, 6.07) is 1.82. The summed E-state index contributed by atoms with van der Waals surface area (Å²) >= 11 is 6.60. The number of aromatic nitrogens is 1. The molecule has 0 atom stereocenters. The van der Waals surface area contributed by atoms with E-state index in [2.05, 4.69) is 36.8 Å². The molecular weight excluding hydrogens is 290 g/mol. The quantitative estimate of drug-likeness (QED) is 0.841. The summed E-state index contributed by atoms with van der Waals surface area (Å²) in [6.07, 6.45) is 0. The number of hydrogen-bond acceptors (Lipinski definition) is 3. The van der Waals surface area contributed by atoms with E-state index in [0.29, 0.717) is 11.8 Å². The van der Waals surface area contributed by atoms with Gasteiger partial charge in [0.2, 0.25) is 11.8 Å². The van der Waals surface area contributed by atoms with Crippen molar-refractivity contribution in [3.8, 4) is 11.8 Å². The normalized spacial score (nSPS) is 9.67. The lowest BCUT2D eigenvalue weighted by atomic mass is 10.5. The van der Waals surface area contributed by atoms with Crippen molar-refractivity contribution < 1.29 is 9.47 Å². The molecule has 0 aliphatic rings. The molecule has 0 saturated heterocycles. The van der Waals surface area contributed by atoms with E-state index < -0.39 is 0 Å². The highest BCUT2D eigenvalue weighted by Gasteiger charge is 2.08. The van der Waals surface area contributed by atoms with Gasteiger partial charge in [0.25, 0.3) is 0 Å². The van der Waals surface area contributed by atoms with Crippen molar-refractivity contribution in [1.29, 1.82) is 0 Å². The van der Waals surface area contributed by atoms with Gasteiger partial charge in [0.15, 0.2) is 0 Å². The first-order valence-corrected chi connectivity index (χ1v) is 4.71. The summed E-state index contributed by atoms with van der Waals surface area (Å²) in [5.41, 5.74) is 0. The van der Waals surface area contributed by atoms with E-state index >= 15 is 0 Å². The average Bonchev–Trinajstić information content (AvgIpc) is 2.05. The Morgan fingerprint density at radius 2 is 1.50 bits per heavy atom. The van der Waals surface area contributed by atoms with Gasteiger partial charge in [-0.3, -0.25) is 0 Å². The van der Waals surface area contributed by atoms with Crippen LogP contribution in [-0.2, 0) is 0 Å². The van der Waals surface area contributed by atoms with Crippen LogP contribution in [-0.4, -0.2) is 19.2 Å². The van der Waals surface area contributed by atoms with Crippen molar-refractivity contribution in [3.05, 3.63) is 15.0 Å². The molecule has 0 aliphatic carbocycles. The van der Waals surface area contributed by atoms with Crippen molar-refractivity contribution in [2.24, 2.45) is 0 Å². The molecule has 0 saturated carbocycles. The Kier molecular flexibility index (Phi) is 3.34. The van der Waals surface area contributed by atoms with Crippen LogP contribution >= 0.6 is 31.9 Å². The number of hydrogen-bond donors (Lipinski definition) is 0. The summed E-state index contributed by atoms with van der Waals surface area (Å²) in [4.78, 5) is 4.07. The Labute approximate surface area is 87.3 Å². The van der Waals surface area contributed by atoms with Gasteiger partial charge in [-0.25, -0.2) is 0 Å². The number of pyridine rings is 1. The Balaban J connectivity index is 3.18. The summed E-state index contributed by atoms with van der Waals surface area (Å²) in [7, 11) is 3.11. The minimum absolute atomic E-state index is 0.509. The van der Waals surface area contributed by atoms with Crippen LogP contribution in [0.15, 0.2) is 15.0 Å². The van der Waals surface area contributed by atoms with Gasteiger partial charge in [-0.15, -0.1) is 0 Å². The predicted molar refractivity (Wildman–Crippen MR) is 52.7 cm³/mol. The van der Waals surface area contributed by atoms with Crippen LogP contribution in [0.5, 0.6) is 11.8 Å². The fourth-order valence-corrected chi connectivity index (χ4v) is 1.99. The topological polar surface area (TPSA) is 31.4 Å². The zero-order valence-corrected chi connectivity index (χ0v) is 9.77. The van der Waals surface area contributed by atoms with E-state index in [4.69, 9.17) is 9.47 Å². The Morgan fingerprint density at radius 3 is 1.83 bits per heavy atom.